The van der Waals surface area contributed by atoms with E-state index in [-0.39, 0.29) is 11.3 Å². The number of benzene rings is 2. The number of hydrogen-bond donors (Lipinski definition) is 0. The third-order valence-electron chi connectivity index (χ3n) is 3.36. The molecule has 0 spiro atoms. The topological polar surface area (TPSA) is 43.4 Å². The molecule has 0 aliphatic carbocycles. The molecule has 0 aliphatic rings. The van der Waals surface area contributed by atoms with Gasteiger partial charge in [0.15, 0.2) is 5.78 Å². The van der Waals surface area contributed by atoms with E-state index in [1.165, 1.54) is 23.5 Å². The molecule has 5 heteroatoms. The Morgan fingerprint density at radius 3 is 2.52 bits per heavy atom. The van der Waals surface area contributed by atoms with Crippen molar-refractivity contribution in [2.24, 2.45) is 0 Å². The minimum absolute atomic E-state index is 0.00270. The van der Waals surface area contributed by atoms with Gasteiger partial charge in [0.05, 0.1) is 11.1 Å². The minimum atomic E-state index is -0.608. The molecule has 0 amide bonds. The van der Waals surface area contributed by atoms with Crippen LogP contribution in [0.15, 0.2) is 72.1 Å². The number of ketones is 1. The molecule has 3 nitrogen and oxygen atoms in total. The molecule has 3 rings (SSSR count). The van der Waals surface area contributed by atoms with E-state index in [4.69, 9.17) is 4.74 Å². The summed E-state index contributed by atoms with van der Waals surface area (Å²) >= 11 is 1.48. The second-order valence-electron chi connectivity index (χ2n) is 5.11. The molecule has 0 aliphatic heterocycles. The molecule has 0 saturated carbocycles. The summed E-state index contributed by atoms with van der Waals surface area (Å²) in [4.78, 5) is 25.5. The number of rotatable bonds is 5. The lowest BCUT2D eigenvalue weighted by Crippen LogP contribution is -2.11. The van der Waals surface area contributed by atoms with Crippen LogP contribution in [-0.2, 0) is 0 Å². The van der Waals surface area contributed by atoms with Crippen LogP contribution in [0.25, 0.3) is 6.08 Å². The van der Waals surface area contributed by atoms with E-state index in [1.54, 1.807) is 36.4 Å². The number of hydrogen-bond acceptors (Lipinski definition) is 4. The summed E-state index contributed by atoms with van der Waals surface area (Å²) in [6.45, 7) is 0. The maximum atomic E-state index is 13.6. The minimum Gasteiger partial charge on any atom is -0.422 e. The second kappa shape index (κ2) is 7.68. The van der Waals surface area contributed by atoms with Crippen LogP contribution in [0.1, 0.15) is 25.6 Å². The summed E-state index contributed by atoms with van der Waals surface area (Å²) in [5, 5.41) is 1.89. The van der Waals surface area contributed by atoms with Crippen molar-refractivity contribution < 1.29 is 18.7 Å². The molecule has 0 N–H and O–H groups in total. The van der Waals surface area contributed by atoms with Crippen molar-refractivity contribution in [1.29, 1.82) is 0 Å². The predicted octanol–water partition coefficient (Wildman–Crippen LogP) is 5.00. The molecule has 0 atom stereocenters. The number of carbonyl (C=O) groups is 2. The molecule has 0 bridgehead atoms. The van der Waals surface area contributed by atoms with Gasteiger partial charge in [-0.15, -0.1) is 11.3 Å². The van der Waals surface area contributed by atoms with E-state index in [1.807, 2.05) is 17.5 Å². The predicted molar refractivity (Wildman–Crippen MR) is 95.5 cm³/mol. The molecule has 124 valence electrons. The first-order valence-corrected chi connectivity index (χ1v) is 8.34. The maximum Gasteiger partial charge on any atom is 0.343 e. The molecule has 1 heterocycles. The van der Waals surface area contributed by atoms with Gasteiger partial charge in [-0.3, -0.25) is 4.79 Å². The molecule has 25 heavy (non-hydrogen) atoms. The summed E-state index contributed by atoms with van der Waals surface area (Å²) in [7, 11) is 0. The van der Waals surface area contributed by atoms with Crippen LogP contribution in [0, 0.1) is 5.82 Å². The number of carbonyl (C=O) groups excluding carboxylic acids is 2. The van der Waals surface area contributed by atoms with Crippen molar-refractivity contribution in [1.82, 2.24) is 0 Å². The van der Waals surface area contributed by atoms with E-state index in [0.717, 1.165) is 17.0 Å². The quantitative estimate of drug-likeness (QED) is 0.281. The van der Waals surface area contributed by atoms with Gasteiger partial charge >= 0.3 is 5.97 Å². The summed E-state index contributed by atoms with van der Waals surface area (Å²) in [5.41, 5.74) is 0.344. The SMILES string of the molecule is O=C(Oc1ccc(F)cc1C(=O)/C=C/c1cccs1)c1ccccc1. The first kappa shape index (κ1) is 16.8. The summed E-state index contributed by atoms with van der Waals surface area (Å²) in [6, 6.07) is 15.6. The van der Waals surface area contributed by atoms with Crippen molar-refractivity contribution >= 4 is 29.2 Å². The van der Waals surface area contributed by atoms with E-state index in [0.29, 0.717) is 5.56 Å². The molecule has 0 saturated heterocycles. The van der Waals surface area contributed by atoms with E-state index in [2.05, 4.69) is 0 Å². The Morgan fingerprint density at radius 1 is 1.00 bits per heavy atom. The zero-order valence-corrected chi connectivity index (χ0v) is 13.8. The van der Waals surface area contributed by atoms with Crippen LogP contribution >= 0.6 is 11.3 Å². The lowest BCUT2D eigenvalue weighted by Gasteiger charge is -2.08. The lowest BCUT2D eigenvalue weighted by atomic mass is 10.1. The first-order valence-electron chi connectivity index (χ1n) is 7.46. The van der Waals surface area contributed by atoms with Gasteiger partial charge in [-0.05, 0) is 53.9 Å². The van der Waals surface area contributed by atoms with Crippen LogP contribution in [0.5, 0.6) is 5.75 Å². The Balaban J connectivity index is 1.85. The zero-order chi connectivity index (χ0) is 17.6. The lowest BCUT2D eigenvalue weighted by molar-refractivity contribution is 0.0733. The first-order chi connectivity index (χ1) is 12.1. The van der Waals surface area contributed by atoms with Crippen molar-refractivity contribution in [3.63, 3.8) is 0 Å². The molecule has 2 aromatic carbocycles. The van der Waals surface area contributed by atoms with E-state index < -0.39 is 17.6 Å². The fourth-order valence-electron chi connectivity index (χ4n) is 2.15. The van der Waals surface area contributed by atoms with Crippen molar-refractivity contribution in [2.45, 2.75) is 0 Å². The standard InChI is InChI=1S/C20H13FO3S/c21-15-8-11-19(24-20(23)14-5-2-1-3-6-14)17(13-15)18(22)10-9-16-7-4-12-25-16/h1-13H/b10-9+. The van der Waals surface area contributed by atoms with Crippen LogP contribution in [0.3, 0.4) is 0 Å². The second-order valence-corrected chi connectivity index (χ2v) is 6.09. The highest BCUT2D eigenvalue weighted by atomic mass is 32.1. The van der Waals surface area contributed by atoms with Crippen LogP contribution in [0.2, 0.25) is 0 Å². The van der Waals surface area contributed by atoms with Crippen molar-refractivity contribution in [2.75, 3.05) is 0 Å². The highest BCUT2D eigenvalue weighted by Crippen LogP contribution is 2.23. The fraction of sp³-hybridized carbons (Fsp3) is 0. The molecular formula is C20H13FO3S. The monoisotopic (exact) mass is 352 g/mol. The molecule has 1 aromatic heterocycles. The number of allylic oxidation sites excluding steroid dienone is 1. The molecule has 0 unspecified atom stereocenters. The number of esters is 1. The van der Waals surface area contributed by atoms with Gasteiger partial charge in [-0.25, -0.2) is 9.18 Å². The Kier molecular flexibility index (Phi) is 5.16. The van der Waals surface area contributed by atoms with Crippen molar-refractivity contribution in [3.05, 3.63) is 93.9 Å². The summed E-state index contributed by atoms with van der Waals surface area (Å²) in [6.07, 6.45) is 2.97. The van der Waals surface area contributed by atoms with Gasteiger partial charge in [0.25, 0.3) is 0 Å². The largest absolute Gasteiger partial charge is 0.422 e. The van der Waals surface area contributed by atoms with Gasteiger partial charge in [-0.1, -0.05) is 24.3 Å². The van der Waals surface area contributed by atoms with Crippen LogP contribution < -0.4 is 4.74 Å². The van der Waals surface area contributed by atoms with Crippen LogP contribution in [-0.4, -0.2) is 11.8 Å². The smallest absolute Gasteiger partial charge is 0.343 e. The highest BCUT2D eigenvalue weighted by molar-refractivity contribution is 7.10. The molecule has 3 aromatic rings. The molecular weight excluding hydrogens is 339 g/mol. The Hall–Kier alpha value is -3.05. The van der Waals surface area contributed by atoms with Gasteiger partial charge in [0.2, 0.25) is 0 Å². The summed E-state index contributed by atoms with van der Waals surface area (Å²) in [5.74, 6) is -1.60. The number of halogens is 1. The van der Waals surface area contributed by atoms with Gasteiger partial charge in [0, 0.05) is 4.88 Å². The normalized spacial score (nSPS) is 10.8. The van der Waals surface area contributed by atoms with Crippen LogP contribution in [0.4, 0.5) is 4.39 Å². The third-order valence-corrected chi connectivity index (χ3v) is 4.20. The average Bonchev–Trinajstić information content (AvgIpc) is 3.15. The number of ether oxygens (including phenoxy) is 1. The van der Waals surface area contributed by atoms with Gasteiger partial charge < -0.3 is 4.74 Å². The Morgan fingerprint density at radius 2 is 1.80 bits per heavy atom. The van der Waals surface area contributed by atoms with Crippen molar-refractivity contribution in [3.8, 4) is 5.75 Å². The van der Waals surface area contributed by atoms with E-state index in [9.17, 15) is 14.0 Å². The average molecular weight is 352 g/mol. The van der Waals surface area contributed by atoms with Gasteiger partial charge in [-0.2, -0.15) is 0 Å². The Labute approximate surface area is 148 Å². The van der Waals surface area contributed by atoms with Gasteiger partial charge in [0.1, 0.15) is 11.6 Å². The highest BCUT2D eigenvalue weighted by Gasteiger charge is 2.16. The van der Waals surface area contributed by atoms with E-state index >= 15 is 0 Å². The maximum absolute atomic E-state index is 13.6. The third kappa shape index (κ3) is 4.28. The Bertz CT molecular complexity index is 915. The fourth-order valence-corrected chi connectivity index (χ4v) is 2.77. The summed E-state index contributed by atoms with van der Waals surface area (Å²) < 4.78 is 18.9. The number of thiophene rings is 1. The molecule has 0 fully saturated rings. The molecule has 0 radical (unpaired) electrons. The zero-order valence-electron chi connectivity index (χ0n) is 13.0.